The Hall–Kier alpha value is -3.23. The van der Waals surface area contributed by atoms with Crippen LogP contribution in [0.5, 0.6) is 0 Å². The van der Waals surface area contributed by atoms with Crippen LogP contribution in [0.2, 0.25) is 0 Å². The zero-order valence-electron chi connectivity index (χ0n) is 19.8. The Balaban J connectivity index is 1.60. The van der Waals surface area contributed by atoms with Crippen LogP contribution in [0.25, 0.3) is 11.1 Å². The topological polar surface area (TPSA) is 117 Å². The van der Waals surface area contributed by atoms with E-state index < -0.39 is 29.7 Å². The molecule has 34 heavy (non-hydrogen) atoms. The van der Waals surface area contributed by atoms with Crippen molar-refractivity contribution in [3.05, 3.63) is 59.7 Å². The maximum absolute atomic E-state index is 13.0. The molecule has 0 aliphatic heterocycles. The van der Waals surface area contributed by atoms with Crippen LogP contribution in [0.3, 0.4) is 0 Å². The standard InChI is InChI=1S/C26H33N3O5/c1-16(2)14-22(25(32)29-27-12-13-30)24(31)17(3)28-26(33)34-15-23-20-10-6-4-8-18(20)19-9-5-7-11-21(19)23/h4-11,16-17,22-23,27,30H,12-15H2,1-3H3,(H,28,33)(H,29,32)/t17-,22?/m1/s1. The number of ether oxygens (including phenoxy) is 1. The van der Waals surface area contributed by atoms with E-state index >= 15 is 0 Å². The van der Waals surface area contributed by atoms with E-state index in [-0.39, 0.29) is 31.6 Å². The molecule has 2 atom stereocenters. The fourth-order valence-electron chi connectivity index (χ4n) is 4.31. The third kappa shape index (κ3) is 6.01. The first kappa shape index (κ1) is 25.4. The van der Waals surface area contributed by atoms with Gasteiger partial charge in [0.25, 0.3) is 0 Å². The maximum Gasteiger partial charge on any atom is 0.407 e. The van der Waals surface area contributed by atoms with E-state index in [4.69, 9.17) is 9.84 Å². The van der Waals surface area contributed by atoms with Crippen LogP contribution >= 0.6 is 0 Å². The zero-order chi connectivity index (χ0) is 24.7. The second-order valence-electron chi connectivity index (χ2n) is 8.92. The van der Waals surface area contributed by atoms with Crippen molar-refractivity contribution in [1.82, 2.24) is 16.2 Å². The van der Waals surface area contributed by atoms with Crippen LogP contribution in [-0.4, -0.2) is 48.7 Å². The van der Waals surface area contributed by atoms with E-state index in [9.17, 15) is 14.4 Å². The molecule has 3 rings (SSSR count). The number of hydrogen-bond acceptors (Lipinski definition) is 6. The van der Waals surface area contributed by atoms with Crippen molar-refractivity contribution in [2.45, 2.75) is 39.2 Å². The molecule has 1 aliphatic rings. The summed E-state index contributed by atoms with van der Waals surface area (Å²) < 4.78 is 5.52. The van der Waals surface area contributed by atoms with Crippen LogP contribution in [0, 0.1) is 11.8 Å². The van der Waals surface area contributed by atoms with Crippen LogP contribution in [0.1, 0.15) is 44.2 Å². The minimum atomic E-state index is -0.935. The number of nitrogens with one attached hydrogen (secondary N) is 3. The first-order chi connectivity index (χ1) is 16.3. The SMILES string of the molecule is CC(C)CC(C(=O)NNCCO)C(=O)[C@@H](C)NC(=O)OCC1c2ccccc2-c2ccccc21. The molecule has 1 unspecified atom stereocenters. The highest BCUT2D eigenvalue weighted by atomic mass is 16.5. The Kier molecular flexibility index (Phi) is 8.79. The summed E-state index contributed by atoms with van der Waals surface area (Å²) in [6, 6.07) is 15.2. The van der Waals surface area contributed by atoms with E-state index in [1.165, 1.54) is 0 Å². The predicted molar refractivity (Wildman–Crippen MR) is 129 cm³/mol. The summed E-state index contributed by atoms with van der Waals surface area (Å²) >= 11 is 0. The molecule has 8 nitrogen and oxygen atoms in total. The summed E-state index contributed by atoms with van der Waals surface area (Å²) in [6.45, 7) is 5.54. The molecule has 0 radical (unpaired) electrons. The number of rotatable bonds is 11. The molecule has 0 fully saturated rings. The maximum atomic E-state index is 13.0. The minimum Gasteiger partial charge on any atom is -0.449 e. The highest BCUT2D eigenvalue weighted by Gasteiger charge is 2.33. The lowest BCUT2D eigenvalue weighted by Gasteiger charge is -2.22. The number of Topliss-reactive ketones (excluding diaryl/α,β-unsaturated/α-hetero) is 1. The Morgan fingerprint density at radius 3 is 2.12 bits per heavy atom. The second kappa shape index (κ2) is 11.8. The monoisotopic (exact) mass is 467 g/mol. The third-order valence-corrected chi connectivity index (χ3v) is 5.92. The fraction of sp³-hybridized carbons (Fsp3) is 0.423. The number of aliphatic hydroxyl groups is 1. The number of ketones is 1. The van der Waals surface area contributed by atoms with Gasteiger partial charge in [0.1, 0.15) is 12.5 Å². The highest BCUT2D eigenvalue weighted by molar-refractivity contribution is 6.04. The summed E-state index contributed by atoms with van der Waals surface area (Å²) in [5, 5.41) is 11.4. The molecular formula is C26H33N3O5. The number of hydrogen-bond donors (Lipinski definition) is 4. The number of carbonyl (C=O) groups is 3. The smallest absolute Gasteiger partial charge is 0.407 e. The molecule has 0 aromatic heterocycles. The number of amides is 2. The average Bonchev–Trinajstić information content (AvgIpc) is 3.14. The summed E-state index contributed by atoms with van der Waals surface area (Å²) in [7, 11) is 0. The number of benzene rings is 2. The van der Waals surface area contributed by atoms with Crippen LogP contribution < -0.4 is 16.2 Å². The highest BCUT2D eigenvalue weighted by Crippen LogP contribution is 2.44. The quantitative estimate of drug-likeness (QED) is 0.229. The van der Waals surface area contributed by atoms with E-state index in [1.807, 2.05) is 50.2 Å². The third-order valence-electron chi connectivity index (χ3n) is 5.92. The number of aliphatic hydroxyl groups excluding tert-OH is 1. The van der Waals surface area contributed by atoms with Gasteiger partial charge >= 0.3 is 6.09 Å². The van der Waals surface area contributed by atoms with Crippen molar-refractivity contribution in [1.29, 1.82) is 0 Å². The predicted octanol–water partition coefficient (Wildman–Crippen LogP) is 2.76. The minimum absolute atomic E-state index is 0.0822. The number of hydrazine groups is 1. The van der Waals surface area contributed by atoms with Gasteiger partial charge in [-0.2, -0.15) is 0 Å². The first-order valence-corrected chi connectivity index (χ1v) is 11.6. The molecule has 0 saturated carbocycles. The number of alkyl carbamates (subject to hydrolysis) is 1. The fourth-order valence-corrected chi connectivity index (χ4v) is 4.31. The van der Waals surface area contributed by atoms with E-state index in [0.717, 1.165) is 22.3 Å². The van der Waals surface area contributed by atoms with Crippen molar-refractivity contribution < 1.29 is 24.2 Å². The molecule has 0 bridgehead atoms. The van der Waals surface area contributed by atoms with Crippen LogP contribution in [0.15, 0.2) is 48.5 Å². The van der Waals surface area contributed by atoms with Gasteiger partial charge in [0.15, 0.2) is 5.78 Å². The lowest BCUT2D eigenvalue weighted by Crippen LogP contribution is -2.49. The summed E-state index contributed by atoms with van der Waals surface area (Å²) in [4.78, 5) is 38.0. The van der Waals surface area contributed by atoms with E-state index in [2.05, 4.69) is 28.3 Å². The van der Waals surface area contributed by atoms with Gasteiger partial charge in [-0.25, -0.2) is 10.2 Å². The lowest BCUT2D eigenvalue weighted by atomic mass is 9.89. The van der Waals surface area contributed by atoms with Gasteiger partial charge in [0, 0.05) is 12.5 Å². The summed E-state index contributed by atoms with van der Waals surface area (Å²) in [5.41, 5.74) is 9.49. The van der Waals surface area contributed by atoms with Gasteiger partial charge in [-0.05, 0) is 41.5 Å². The molecule has 2 amide bonds. The molecule has 0 saturated heterocycles. The molecule has 1 aliphatic carbocycles. The van der Waals surface area contributed by atoms with Gasteiger partial charge in [-0.1, -0.05) is 62.4 Å². The Morgan fingerprint density at radius 2 is 1.56 bits per heavy atom. The largest absolute Gasteiger partial charge is 0.449 e. The summed E-state index contributed by atoms with van der Waals surface area (Å²) in [6.07, 6.45) is -0.368. The Morgan fingerprint density at radius 1 is 0.971 bits per heavy atom. The molecule has 2 aromatic carbocycles. The molecule has 8 heteroatoms. The van der Waals surface area contributed by atoms with Crippen molar-refractivity contribution in [3.63, 3.8) is 0 Å². The van der Waals surface area contributed by atoms with Gasteiger partial charge in [-0.15, -0.1) is 0 Å². The van der Waals surface area contributed by atoms with E-state index in [1.54, 1.807) is 6.92 Å². The zero-order valence-corrected chi connectivity index (χ0v) is 19.8. The Labute approximate surface area is 200 Å². The molecule has 2 aromatic rings. The normalized spacial score (nSPS) is 14.1. The molecule has 4 N–H and O–H groups in total. The van der Waals surface area contributed by atoms with Gasteiger partial charge in [-0.3, -0.25) is 15.0 Å². The number of fused-ring (bicyclic) bond motifs is 3. The summed E-state index contributed by atoms with van der Waals surface area (Å²) in [5.74, 6) is -1.81. The average molecular weight is 468 g/mol. The molecule has 0 heterocycles. The molecule has 182 valence electrons. The first-order valence-electron chi connectivity index (χ1n) is 11.6. The van der Waals surface area contributed by atoms with Crippen LogP contribution in [-0.2, 0) is 14.3 Å². The van der Waals surface area contributed by atoms with Crippen molar-refractivity contribution in [3.8, 4) is 11.1 Å². The van der Waals surface area contributed by atoms with Gasteiger partial charge in [0.05, 0.1) is 12.6 Å². The Bertz CT molecular complexity index is 978. The van der Waals surface area contributed by atoms with Crippen molar-refractivity contribution in [2.24, 2.45) is 11.8 Å². The molecular weight excluding hydrogens is 434 g/mol. The van der Waals surface area contributed by atoms with Crippen LogP contribution in [0.4, 0.5) is 4.79 Å². The van der Waals surface area contributed by atoms with Gasteiger partial charge < -0.3 is 15.2 Å². The second-order valence-corrected chi connectivity index (χ2v) is 8.92. The van der Waals surface area contributed by atoms with Crippen molar-refractivity contribution >= 4 is 17.8 Å². The lowest BCUT2D eigenvalue weighted by molar-refractivity contribution is -0.136. The van der Waals surface area contributed by atoms with E-state index in [0.29, 0.717) is 6.42 Å². The van der Waals surface area contributed by atoms with Gasteiger partial charge in [0.2, 0.25) is 5.91 Å². The number of carbonyl (C=O) groups excluding carboxylic acids is 3. The van der Waals surface area contributed by atoms with Crippen molar-refractivity contribution in [2.75, 3.05) is 19.8 Å². The molecule has 0 spiro atoms.